The molecule has 2 aromatic rings. The Morgan fingerprint density at radius 3 is 2.71 bits per heavy atom. The van der Waals surface area contributed by atoms with E-state index in [1.165, 1.54) is 24.3 Å². The number of carbonyl (C=O) groups is 2. The summed E-state index contributed by atoms with van der Waals surface area (Å²) in [6.07, 6.45) is 1.58. The maximum absolute atomic E-state index is 12.5. The molecule has 0 saturated carbocycles. The van der Waals surface area contributed by atoms with Crippen LogP contribution in [0.2, 0.25) is 5.02 Å². The highest BCUT2D eigenvalue weighted by Gasteiger charge is 2.21. The summed E-state index contributed by atoms with van der Waals surface area (Å²) in [6, 6.07) is 10.8. The molecule has 166 valence electrons. The average molecular weight is 466 g/mol. The first kappa shape index (κ1) is 23.2. The summed E-state index contributed by atoms with van der Waals surface area (Å²) >= 11 is 6.03. The second kappa shape index (κ2) is 10.2. The molecule has 0 bridgehead atoms. The topological polar surface area (TPSA) is 114 Å². The highest BCUT2D eigenvalue weighted by molar-refractivity contribution is 7.89. The van der Waals surface area contributed by atoms with Crippen LogP contribution in [0.4, 0.5) is 5.69 Å². The molecule has 1 aliphatic rings. The predicted molar refractivity (Wildman–Crippen MR) is 118 cm³/mol. The third-order valence-corrected chi connectivity index (χ3v) is 6.71. The van der Waals surface area contributed by atoms with E-state index in [0.29, 0.717) is 17.3 Å². The normalized spacial score (nSPS) is 16.1. The van der Waals surface area contributed by atoms with Gasteiger partial charge in [0.25, 0.3) is 5.91 Å². The van der Waals surface area contributed by atoms with Gasteiger partial charge in [0.1, 0.15) is 0 Å². The van der Waals surface area contributed by atoms with Crippen LogP contribution in [0.3, 0.4) is 0 Å². The molecule has 2 amide bonds. The van der Waals surface area contributed by atoms with Gasteiger partial charge in [0.15, 0.2) is 0 Å². The first-order valence-electron chi connectivity index (χ1n) is 9.81. The Kier molecular flexibility index (Phi) is 7.66. The molecule has 1 heterocycles. The largest absolute Gasteiger partial charge is 0.377 e. The van der Waals surface area contributed by atoms with E-state index in [-0.39, 0.29) is 29.7 Å². The zero-order valence-corrected chi connectivity index (χ0v) is 18.6. The van der Waals surface area contributed by atoms with Crippen LogP contribution in [0.5, 0.6) is 0 Å². The molecule has 1 aliphatic heterocycles. The van der Waals surface area contributed by atoms with E-state index in [1.807, 2.05) is 0 Å². The molecule has 0 radical (unpaired) electrons. The number of sulfonamides is 1. The molecule has 8 nitrogen and oxygen atoms in total. The minimum Gasteiger partial charge on any atom is -0.377 e. The van der Waals surface area contributed by atoms with Gasteiger partial charge < -0.3 is 15.4 Å². The van der Waals surface area contributed by atoms with Crippen LogP contribution >= 0.6 is 11.6 Å². The van der Waals surface area contributed by atoms with Crippen molar-refractivity contribution in [2.75, 3.05) is 25.0 Å². The lowest BCUT2D eigenvalue weighted by Gasteiger charge is -2.12. The maximum atomic E-state index is 12.5. The number of anilines is 1. The van der Waals surface area contributed by atoms with Gasteiger partial charge in [0.2, 0.25) is 15.9 Å². The fourth-order valence-corrected chi connectivity index (χ4v) is 4.38. The summed E-state index contributed by atoms with van der Waals surface area (Å²) in [7, 11) is -3.79. The maximum Gasteiger partial charge on any atom is 0.251 e. The minimum absolute atomic E-state index is 0.0304. The van der Waals surface area contributed by atoms with E-state index in [0.717, 1.165) is 18.4 Å². The third kappa shape index (κ3) is 6.27. The van der Waals surface area contributed by atoms with Crippen LogP contribution in [0.1, 0.15) is 28.8 Å². The van der Waals surface area contributed by atoms with E-state index >= 15 is 0 Å². The quantitative estimate of drug-likeness (QED) is 0.554. The van der Waals surface area contributed by atoms with Gasteiger partial charge in [-0.05, 0) is 55.7 Å². The van der Waals surface area contributed by atoms with Crippen LogP contribution < -0.4 is 15.4 Å². The van der Waals surface area contributed by atoms with Crippen molar-refractivity contribution < 1.29 is 22.7 Å². The Balaban J connectivity index is 1.58. The van der Waals surface area contributed by atoms with Crippen LogP contribution in [0.25, 0.3) is 0 Å². The van der Waals surface area contributed by atoms with Crippen molar-refractivity contribution in [1.82, 2.24) is 10.0 Å². The molecule has 10 heteroatoms. The van der Waals surface area contributed by atoms with Crippen molar-refractivity contribution in [3.05, 3.63) is 58.6 Å². The van der Waals surface area contributed by atoms with Crippen molar-refractivity contribution in [2.45, 2.75) is 30.8 Å². The van der Waals surface area contributed by atoms with E-state index in [9.17, 15) is 18.0 Å². The van der Waals surface area contributed by atoms with Crippen molar-refractivity contribution in [1.29, 1.82) is 0 Å². The number of benzene rings is 2. The van der Waals surface area contributed by atoms with Gasteiger partial charge in [0, 0.05) is 29.4 Å². The molecule has 3 rings (SSSR count). The first-order valence-corrected chi connectivity index (χ1v) is 11.7. The van der Waals surface area contributed by atoms with Gasteiger partial charge in [-0.15, -0.1) is 0 Å². The van der Waals surface area contributed by atoms with Gasteiger partial charge in [-0.1, -0.05) is 23.7 Å². The number of halogens is 1. The van der Waals surface area contributed by atoms with Crippen molar-refractivity contribution in [2.24, 2.45) is 0 Å². The highest BCUT2D eigenvalue weighted by atomic mass is 35.5. The van der Waals surface area contributed by atoms with Gasteiger partial charge in [-0.25, -0.2) is 13.1 Å². The molecule has 1 atom stereocenters. The second-order valence-electron chi connectivity index (χ2n) is 7.16. The molecule has 1 unspecified atom stereocenters. The van der Waals surface area contributed by atoms with Crippen LogP contribution in [-0.4, -0.2) is 46.0 Å². The zero-order chi connectivity index (χ0) is 22.4. The summed E-state index contributed by atoms with van der Waals surface area (Å²) < 4.78 is 33.0. The highest BCUT2D eigenvalue weighted by Crippen LogP contribution is 2.22. The number of ether oxygens (including phenoxy) is 1. The minimum atomic E-state index is -3.79. The van der Waals surface area contributed by atoms with Crippen LogP contribution in [-0.2, 0) is 19.6 Å². The van der Waals surface area contributed by atoms with E-state index in [1.54, 1.807) is 25.1 Å². The zero-order valence-electron chi connectivity index (χ0n) is 17.0. The molecule has 2 aromatic carbocycles. The number of rotatable bonds is 8. The third-order valence-electron chi connectivity index (χ3n) is 4.88. The predicted octanol–water partition coefficient (Wildman–Crippen LogP) is 2.47. The Labute approximate surface area is 186 Å². The smallest absolute Gasteiger partial charge is 0.251 e. The summed E-state index contributed by atoms with van der Waals surface area (Å²) in [6.45, 7) is 2.31. The number of amides is 2. The van der Waals surface area contributed by atoms with E-state index < -0.39 is 21.8 Å². The van der Waals surface area contributed by atoms with Gasteiger partial charge in [-0.2, -0.15) is 0 Å². The molecule has 1 fully saturated rings. The Morgan fingerprint density at radius 1 is 1.19 bits per heavy atom. The van der Waals surface area contributed by atoms with Crippen LogP contribution in [0, 0.1) is 6.92 Å². The summed E-state index contributed by atoms with van der Waals surface area (Å²) in [5, 5.41) is 5.69. The molecule has 3 N–H and O–H groups in total. The van der Waals surface area contributed by atoms with Crippen molar-refractivity contribution in [3.8, 4) is 0 Å². The Bertz CT molecular complexity index is 1070. The monoisotopic (exact) mass is 465 g/mol. The lowest BCUT2D eigenvalue weighted by Crippen LogP contribution is -2.33. The van der Waals surface area contributed by atoms with Gasteiger partial charge in [0.05, 0.1) is 17.5 Å². The standard InChI is InChI=1S/C21H24ClN3O5S/c1-14-18(22)8-3-9-19(14)25-20(26)13-23-21(27)15-5-2-7-17(11-15)31(28,29)24-12-16-6-4-10-30-16/h2-3,5,7-9,11,16,24H,4,6,10,12-13H2,1H3,(H,23,27)(H,25,26). The second-order valence-corrected chi connectivity index (χ2v) is 9.33. The first-order chi connectivity index (χ1) is 14.8. The summed E-state index contributed by atoms with van der Waals surface area (Å²) in [5.41, 5.74) is 1.40. The molecular weight excluding hydrogens is 442 g/mol. The number of nitrogens with one attached hydrogen (secondary N) is 3. The Hall–Kier alpha value is -2.46. The lowest BCUT2D eigenvalue weighted by molar-refractivity contribution is -0.115. The summed E-state index contributed by atoms with van der Waals surface area (Å²) in [4.78, 5) is 24.6. The molecule has 1 saturated heterocycles. The fraction of sp³-hybridized carbons (Fsp3) is 0.333. The summed E-state index contributed by atoms with van der Waals surface area (Å²) in [5.74, 6) is -0.991. The molecule has 0 aromatic heterocycles. The SMILES string of the molecule is Cc1c(Cl)cccc1NC(=O)CNC(=O)c1cccc(S(=O)(=O)NCC2CCCO2)c1. The Morgan fingerprint density at radius 2 is 1.97 bits per heavy atom. The molecule has 0 spiro atoms. The number of hydrogen-bond acceptors (Lipinski definition) is 5. The van der Waals surface area contributed by atoms with Crippen LogP contribution in [0.15, 0.2) is 47.4 Å². The van der Waals surface area contributed by atoms with Gasteiger partial charge in [-0.3, -0.25) is 9.59 Å². The average Bonchev–Trinajstić information content (AvgIpc) is 3.28. The molecule has 0 aliphatic carbocycles. The van der Waals surface area contributed by atoms with E-state index in [2.05, 4.69) is 15.4 Å². The molecular formula is C21H24ClN3O5S. The van der Waals surface area contributed by atoms with Crippen molar-refractivity contribution >= 4 is 39.1 Å². The fourth-order valence-electron chi connectivity index (χ4n) is 3.10. The number of hydrogen-bond donors (Lipinski definition) is 3. The lowest BCUT2D eigenvalue weighted by atomic mass is 10.2. The van der Waals surface area contributed by atoms with E-state index in [4.69, 9.17) is 16.3 Å². The van der Waals surface area contributed by atoms with Crippen molar-refractivity contribution in [3.63, 3.8) is 0 Å². The van der Waals surface area contributed by atoms with Gasteiger partial charge >= 0.3 is 0 Å². The number of carbonyl (C=O) groups excluding carboxylic acids is 2. The molecule has 31 heavy (non-hydrogen) atoms.